The average Bonchev–Trinajstić information content (AvgIpc) is 3.02. The topological polar surface area (TPSA) is 33.7 Å². The number of ether oxygens (including phenoxy) is 2. The summed E-state index contributed by atoms with van der Waals surface area (Å²) in [6.07, 6.45) is 3.88. The Morgan fingerprint density at radius 1 is 1.21 bits per heavy atom. The number of nitrogens with zero attached hydrogens (tertiary/aromatic N) is 1. The molecule has 1 unspecified atom stereocenters. The van der Waals surface area contributed by atoms with Gasteiger partial charge in [0.25, 0.3) is 0 Å². The van der Waals surface area contributed by atoms with Gasteiger partial charge >= 0.3 is 0 Å². The van der Waals surface area contributed by atoms with Crippen LogP contribution in [0.4, 0.5) is 0 Å². The molecule has 3 aliphatic heterocycles. The molecule has 3 rings (SSSR count). The first-order chi connectivity index (χ1) is 8.75. The van der Waals surface area contributed by atoms with Crippen LogP contribution in [0.1, 0.15) is 26.2 Å². The molecular formula is C14H27ClN2O2. The normalized spacial score (nSPS) is 34.6. The van der Waals surface area contributed by atoms with E-state index in [2.05, 4.69) is 17.1 Å². The molecule has 0 saturated carbocycles. The lowest BCUT2D eigenvalue weighted by Crippen LogP contribution is -2.43. The fraction of sp³-hybridized carbons (Fsp3) is 1.00. The molecule has 0 bridgehead atoms. The second-order valence-corrected chi connectivity index (χ2v) is 6.46. The van der Waals surface area contributed by atoms with Crippen LogP contribution in [0.2, 0.25) is 0 Å². The molecule has 3 heterocycles. The van der Waals surface area contributed by atoms with Crippen molar-refractivity contribution in [3.63, 3.8) is 0 Å². The largest absolute Gasteiger partial charge is 0.350 e. The highest BCUT2D eigenvalue weighted by Gasteiger charge is 2.34. The van der Waals surface area contributed by atoms with Crippen molar-refractivity contribution in [1.29, 1.82) is 0 Å². The highest BCUT2D eigenvalue weighted by molar-refractivity contribution is 5.85. The molecule has 19 heavy (non-hydrogen) atoms. The van der Waals surface area contributed by atoms with E-state index >= 15 is 0 Å². The van der Waals surface area contributed by atoms with Gasteiger partial charge in [-0.3, -0.25) is 0 Å². The van der Waals surface area contributed by atoms with E-state index in [0.717, 1.165) is 13.2 Å². The summed E-state index contributed by atoms with van der Waals surface area (Å²) in [4.78, 5) is 2.64. The number of halogens is 1. The summed E-state index contributed by atoms with van der Waals surface area (Å²) in [6, 6.07) is 0. The van der Waals surface area contributed by atoms with Gasteiger partial charge in [0, 0.05) is 19.0 Å². The van der Waals surface area contributed by atoms with Gasteiger partial charge < -0.3 is 19.7 Å². The smallest absolute Gasteiger partial charge is 0.160 e. The molecule has 112 valence electrons. The monoisotopic (exact) mass is 290 g/mol. The van der Waals surface area contributed by atoms with Gasteiger partial charge in [0.15, 0.2) is 6.29 Å². The van der Waals surface area contributed by atoms with Gasteiger partial charge in [-0.25, -0.2) is 0 Å². The minimum atomic E-state index is 0. The molecule has 0 amide bonds. The second kappa shape index (κ2) is 6.72. The zero-order valence-corrected chi connectivity index (χ0v) is 12.7. The number of piperidine rings is 1. The van der Waals surface area contributed by atoms with Gasteiger partial charge in [0.05, 0.1) is 13.2 Å². The summed E-state index contributed by atoms with van der Waals surface area (Å²) < 4.78 is 11.3. The van der Waals surface area contributed by atoms with Gasteiger partial charge in [-0.05, 0) is 44.3 Å². The van der Waals surface area contributed by atoms with E-state index in [4.69, 9.17) is 9.47 Å². The third-order valence-electron chi connectivity index (χ3n) is 4.73. The molecule has 0 spiro atoms. The van der Waals surface area contributed by atoms with E-state index in [1.54, 1.807) is 0 Å². The first-order valence-electron chi connectivity index (χ1n) is 7.42. The van der Waals surface area contributed by atoms with Crippen LogP contribution in [-0.4, -0.2) is 57.1 Å². The van der Waals surface area contributed by atoms with Crippen LogP contribution < -0.4 is 5.32 Å². The van der Waals surface area contributed by atoms with Crippen molar-refractivity contribution in [2.24, 2.45) is 11.3 Å². The number of nitrogens with one attached hydrogen (secondary N) is 1. The van der Waals surface area contributed by atoms with Crippen molar-refractivity contribution in [3.05, 3.63) is 0 Å². The number of hydrogen-bond acceptors (Lipinski definition) is 4. The lowest BCUT2D eigenvalue weighted by Gasteiger charge is -2.38. The second-order valence-electron chi connectivity index (χ2n) is 6.46. The molecule has 5 heteroatoms. The maximum absolute atomic E-state index is 5.63. The van der Waals surface area contributed by atoms with Crippen molar-refractivity contribution in [2.75, 3.05) is 45.9 Å². The van der Waals surface area contributed by atoms with E-state index in [0.29, 0.717) is 11.3 Å². The van der Waals surface area contributed by atoms with Gasteiger partial charge in [-0.2, -0.15) is 0 Å². The fourth-order valence-electron chi connectivity index (χ4n) is 3.58. The molecule has 0 aliphatic carbocycles. The minimum Gasteiger partial charge on any atom is -0.350 e. The summed E-state index contributed by atoms with van der Waals surface area (Å²) in [6.45, 7) is 10.0. The highest BCUT2D eigenvalue weighted by atomic mass is 35.5. The lowest BCUT2D eigenvalue weighted by molar-refractivity contribution is -0.0985. The molecular weight excluding hydrogens is 264 g/mol. The van der Waals surface area contributed by atoms with Crippen LogP contribution in [0.3, 0.4) is 0 Å². The molecule has 0 aromatic carbocycles. The molecule has 0 aromatic rings. The Bertz CT molecular complexity index is 271. The predicted molar refractivity (Wildman–Crippen MR) is 77.7 cm³/mol. The summed E-state index contributed by atoms with van der Waals surface area (Å²) in [5.74, 6) is 0.623. The fourth-order valence-corrected chi connectivity index (χ4v) is 3.58. The third-order valence-corrected chi connectivity index (χ3v) is 4.73. The SMILES string of the molecule is CC1(CN2CCC(C3OCCO3)CC2)CCNC1.Cl. The van der Waals surface area contributed by atoms with Gasteiger partial charge in [0.1, 0.15) is 0 Å². The van der Waals surface area contributed by atoms with Gasteiger partial charge in [0.2, 0.25) is 0 Å². The van der Waals surface area contributed by atoms with Crippen LogP contribution in [0.25, 0.3) is 0 Å². The molecule has 3 fully saturated rings. The van der Waals surface area contributed by atoms with Crippen LogP contribution in [-0.2, 0) is 9.47 Å². The quantitative estimate of drug-likeness (QED) is 0.854. The number of rotatable bonds is 3. The van der Waals surface area contributed by atoms with Crippen LogP contribution in [0, 0.1) is 11.3 Å². The Morgan fingerprint density at radius 2 is 1.89 bits per heavy atom. The zero-order valence-electron chi connectivity index (χ0n) is 11.9. The molecule has 4 nitrogen and oxygen atoms in total. The van der Waals surface area contributed by atoms with Gasteiger partial charge in [-0.1, -0.05) is 6.92 Å². The van der Waals surface area contributed by atoms with Crippen molar-refractivity contribution in [3.8, 4) is 0 Å². The number of hydrogen-bond donors (Lipinski definition) is 1. The third kappa shape index (κ3) is 3.82. The summed E-state index contributed by atoms with van der Waals surface area (Å²) >= 11 is 0. The number of likely N-dealkylation sites (tertiary alicyclic amines) is 1. The first-order valence-corrected chi connectivity index (χ1v) is 7.42. The van der Waals surface area contributed by atoms with Crippen molar-refractivity contribution in [1.82, 2.24) is 10.2 Å². The zero-order chi connectivity index (χ0) is 12.4. The highest BCUT2D eigenvalue weighted by Crippen LogP contribution is 2.30. The van der Waals surface area contributed by atoms with Gasteiger partial charge in [-0.15, -0.1) is 12.4 Å². The van der Waals surface area contributed by atoms with Crippen LogP contribution >= 0.6 is 12.4 Å². The maximum Gasteiger partial charge on any atom is 0.160 e. The van der Waals surface area contributed by atoms with Crippen LogP contribution in [0.15, 0.2) is 0 Å². The Balaban J connectivity index is 0.00000133. The Labute approximate surface area is 122 Å². The predicted octanol–water partition coefficient (Wildman–Crippen LogP) is 1.49. The molecule has 0 radical (unpaired) electrons. The Kier molecular flexibility index (Phi) is 5.49. The Hall–Kier alpha value is 0.130. The van der Waals surface area contributed by atoms with E-state index in [1.807, 2.05) is 0 Å². The summed E-state index contributed by atoms with van der Waals surface area (Å²) in [5, 5.41) is 3.49. The van der Waals surface area contributed by atoms with E-state index < -0.39 is 0 Å². The Morgan fingerprint density at radius 3 is 2.47 bits per heavy atom. The van der Waals surface area contributed by atoms with E-state index in [-0.39, 0.29) is 18.7 Å². The molecule has 3 saturated heterocycles. The van der Waals surface area contributed by atoms with Crippen molar-refractivity contribution in [2.45, 2.75) is 32.5 Å². The first kappa shape index (κ1) is 15.5. The minimum absolute atomic E-state index is 0. The maximum atomic E-state index is 5.63. The van der Waals surface area contributed by atoms with Crippen LogP contribution in [0.5, 0.6) is 0 Å². The molecule has 3 aliphatic rings. The standard InChI is InChI=1S/C14H26N2O2.ClH/c1-14(4-5-15-10-14)11-16-6-2-12(3-7-16)13-17-8-9-18-13;/h12-13,15H,2-11H2,1H3;1H. The molecule has 0 aromatic heterocycles. The summed E-state index contributed by atoms with van der Waals surface area (Å²) in [5.41, 5.74) is 0.493. The molecule has 1 N–H and O–H groups in total. The average molecular weight is 291 g/mol. The lowest BCUT2D eigenvalue weighted by atomic mass is 9.87. The summed E-state index contributed by atoms with van der Waals surface area (Å²) in [7, 11) is 0. The van der Waals surface area contributed by atoms with E-state index in [9.17, 15) is 0 Å². The molecule has 1 atom stereocenters. The van der Waals surface area contributed by atoms with E-state index in [1.165, 1.54) is 52.0 Å². The van der Waals surface area contributed by atoms with Crippen molar-refractivity contribution < 1.29 is 9.47 Å². The van der Waals surface area contributed by atoms with Crippen molar-refractivity contribution >= 4 is 12.4 Å².